The first-order valence-electron chi connectivity index (χ1n) is 9.99. The van der Waals surface area contributed by atoms with E-state index >= 15 is 0 Å². The van der Waals surface area contributed by atoms with E-state index < -0.39 is 0 Å². The van der Waals surface area contributed by atoms with Crippen molar-refractivity contribution in [2.75, 3.05) is 18.9 Å². The molecule has 2 N–H and O–H groups in total. The molecule has 0 aliphatic carbocycles. The van der Waals surface area contributed by atoms with E-state index in [2.05, 4.69) is 10.6 Å². The number of carbonyl (C=O) groups is 2. The summed E-state index contributed by atoms with van der Waals surface area (Å²) in [6, 6.07) is 26.7. The SMILES string of the molecule is CC(NC(=O)c1cccc(NC(=O)CN(C)Cc2ccccc2)c1)c1ccccc1. The lowest BCUT2D eigenvalue weighted by Crippen LogP contribution is -2.30. The van der Waals surface area contributed by atoms with E-state index in [0.29, 0.717) is 17.8 Å². The van der Waals surface area contributed by atoms with E-state index in [0.717, 1.165) is 11.1 Å². The smallest absolute Gasteiger partial charge is 0.251 e. The molecule has 3 aromatic carbocycles. The van der Waals surface area contributed by atoms with E-state index in [9.17, 15) is 9.59 Å². The van der Waals surface area contributed by atoms with Gasteiger partial charge in [0.15, 0.2) is 0 Å². The summed E-state index contributed by atoms with van der Waals surface area (Å²) in [5.74, 6) is -0.299. The third-order valence-corrected chi connectivity index (χ3v) is 4.76. The van der Waals surface area contributed by atoms with Gasteiger partial charge in [-0.2, -0.15) is 0 Å². The molecule has 5 nitrogen and oxygen atoms in total. The second-order valence-corrected chi connectivity index (χ2v) is 7.39. The number of likely N-dealkylation sites (N-methyl/N-ethyl adjacent to an activating group) is 1. The number of nitrogens with zero attached hydrogens (tertiary/aromatic N) is 1. The molecule has 0 radical (unpaired) electrons. The standard InChI is InChI=1S/C25H27N3O2/c1-19(21-12-7-4-8-13-21)26-25(30)22-14-9-15-23(16-22)27-24(29)18-28(2)17-20-10-5-3-6-11-20/h3-16,19H,17-18H2,1-2H3,(H,26,30)(H,27,29). The zero-order valence-corrected chi connectivity index (χ0v) is 17.3. The van der Waals surface area contributed by atoms with Crippen LogP contribution >= 0.6 is 0 Å². The molecule has 1 unspecified atom stereocenters. The minimum atomic E-state index is -0.177. The Labute approximate surface area is 177 Å². The van der Waals surface area contributed by atoms with Crippen LogP contribution in [0.2, 0.25) is 0 Å². The van der Waals surface area contributed by atoms with Crippen molar-refractivity contribution in [3.63, 3.8) is 0 Å². The monoisotopic (exact) mass is 401 g/mol. The average molecular weight is 402 g/mol. The first kappa shape index (κ1) is 21.3. The van der Waals surface area contributed by atoms with Gasteiger partial charge >= 0.3 is 0 Å². The summed E-state index contributed by atoms with van der Waals surface area (Å²) in [5.41, 5.74) is 3.30. The molecular formula is C25H27N3O2. The molecule has 0 aliphatic rings. The molecule has 154 valence electrons. The third-order valence-electron chi connectivity index (χ3n) is 4.76. The molecular weight excluding hydrogens is 374 g/mol. The predicted molar refractivity (Wildman–Crippen MR) is 120 cm³/mol. The number of nitrogens with one attached hydrogen (secondary N) is 2. The normalized spacial score (nSPS) is 11.7. The lowest BCUT2D eigenvalue weighted by Gasteiger charge is -2.17. The highest BCUT2D eigenvalue weighted by molar-refractivity contribution is 5.97. The third kappa shape index (κ3) is 6.29. The molecule has 0 aliphatic heterocycles. The van der Waals surface area contributed by atoms with Crippen LogP contribution in [0.1, 0.15) is 34.5 Å². The Bertz CT molecular complexity index is 974. The summed E-state index contributed by atoms with van der Waals surface area (Å²) in [6.45, 7) is 2.89. The molecule has 0 fully saturated rings. The van der Waals surface area contributed by atoms with Gasteiger partial charge in [0.1, 0.15) is 0 Å². The van der Waals surface area contributed by atoms with Crippen LogP contribution in [0, 0.1) is 0 Å². The van der Waals surface area contributed by atoms with Crippen LogP contribution < -0.4 is 10.6 Å². The number of amides is 2. The number of anilines is 1. The number of benzene rings is 3. The van der Waals surface area contributed by atoms with Crippen molar-refractivity contribution in [2.24, 2.45) is 0 Å². The van der Waals surface area contributed by atoms with Gasteiger partial charge in [-0.3, -0.25) is 14.5 Å². The molecule has 0 heterocycles. The fraction of sp³-hybridized carbons (Fsp3) is 0.200. The summed E-state index contributed by atoms with van der Waals surface area (Å²) < 4.78 is 0. The highest BCUT2D eigenvalue weighted by Gasteiger charge is 2.13. The Morgan fingerprint density at radius 1 is 0.900 bits per heavy atom. The van der Waals surface area contributed by atoms with E-state index in [-0.39, 0.29) is 24.4 Å². The molecule has 3 rings (SSSR count). The van der Waals surface area contributed by atoms with Gasteiger partial charge in [0, 0.05) is 17.8 Å². The molecule has 0 saturated carbocycles. The maximum absolute atomic E-state index is 12.6. The van der Waals surface area contributed by atoms with Crippen LogP contribution in [0.3, 0.4) is 0 Å². The van der Waals surface area contributed by atoms with E-state index in [1.807, 2.05) is 79.5 Å². The summed E-state index contributed by atoms with van der Waals surface area (Å²) in [5, 5.41) is 5.87. The number of hydrogen-bond acceptors (Lipinski definition) is 3. The lowest BCUT2D eigenvalue weighted by atomic mass is 10.1. The zero-order valence-electron chi connectivity index (χ0n) is 17.3. The van der Waals surface area contributed by atoms with Crippen molar-refractivity contribution in [1.29, 1.82) is 0 Å². The summed E-state index contributed by atoms with van der Waals surface area (Å²) in [7, 11) is 1.90. The quantitative estimate of drug-likeness (QED) is 0.593. The molecule has 2 amide bonds. The van der Waals surface area contributed by atoms with Gasteiger partial charge in [-0.1, -0.05) is 66.7 Å². The number of rotatable bonds is 8. The zero-order chi connectivity index (χ0) is 21.3. The van der Waals surface area contributed by atoms with Gasteiger partial charge in [-0.25, -0.2) is 0 Å². The maximum Gasteiger partial charge on any atom is 0.251 e. The van der Waals surface area contributed by atoms with Crippen LogP contribution in [0.15, 0.2) is 84.9 Å². The second-order valence-electron chi connectivity index (χ2n) is 7.39. The van der Waals surface area contributed by atoms with Crippen molar-refractivity contribution < 1.29 is 9.59 Å². The molecule has 3 aromatic rings. The van der Waals surface area contributed by atoms with Crippen molar-refractivity contribution in [3.05, 3.63) is 102 Å². The molecule has 5 heteroatoms. The van der Waals surface area contributed by atoms with Gasteiger partial charge in [-0.15, -0.1) is 0 Å². The second kappa shape index (κ2) is 10.4. The van der Waals surface area contributed by atoms with Crippen molar-refractivity contribution >= 4 is 17.5 Å². The Morgan fingerprint density at radius 2 is 1.57 bits per heavy atom. The highest BCUT2D eigenvalue weighted by Crippen LogP contribution is 2.15. The van der Waals surface area contributed by atoms with Gasteiger partial charge < -0.3 is 10.6 Å². The fourth-order valence-corrected chi connectivity index (χ4v) is 3.24. The molecule has 30 heavy (non-hydrogen) atoms. The Hall–Kier alpha value is -3.44. The molecule has 0 saturated heterocycles. The van der Waals surface area contributed by atoms with Gasteiger partial charge in [-0.05, 0) is 43.3 Å². The van der Waals surface area contributed by atoms with E-state index in [1.54, 1.807) is 24.3 Å². The number of hydrogen-bond donors (Lipinski definition) is 2. The van der Waals surface area contributed by atoms with Gasteiger partial charge in [0.2, 0.25) is 5.91 Å². The largest absolute Gasteiger partial charge is 0.346 e. The summed E-state index contributed by atoms with van der Waals surface area (Å²) >= 11 is 0. The van der Waals surface area contributed by atoms with Crippen molar-refractivity contribution in [3.8, 4) is 0 Å². The Balaban J connectivity index is 1.55. The Kier molecular flexibility index (Phi) is 7.35. The first-order valence-corrected chi connectivity index (χ1v) is 9.99. The molecule has 0 aromatic heterocycles. The van der Waals surface area contributed by atoms with Crippen molar-refractivity contribution in [1.82, 2.24) is 10.2 Å². The average Bonchev–Trinajstić information content (AvgIpc) is 2.75. The number of carbonyl (C=O) groups excluding carboxylic acids is 2. The predicted octanol–water partition coefficient (Wildman–Crippen LogP) is 4.25. The van der Waals surface area contributed by atoms with E-state index in [4.69, 9.17) is 0 Å². The van der Waals surface area contributed by atoms with Crippen LogP contribution in [0.5, 0.6) is 0 Å². The maximum atomic E-state index is 12.6. The van der Waals surface area contributed by atoms with Crippen LogP contribution in [-0.2, 0) is 11.3 Å². The van der Waals surface area contributed by atoms with Crippen LogP contribution in [-0.4, -0.2) is 30.3 Å². The molecule has 1 atom stereocenters. The summed E-state index contributed by atoms with van der Waals surface area (Å²) in [4.78, 5) is 27.0. The lowest BCUT2D eigenvalue weighted by molar-refractivity contribution is -0.117. The molecule has 0 spiro atoms. The minimum absolute atomic E-state index is 0.108. The van der Waals surface area contributed by atoms with E-state index in [1.165, 1.54) is 0 Å². The fourth-order valence-electron chi connectivity index (χ4n) is 3.24. The first-order chi connectivity index (χ1) is 14.5. The highest BCUT2D eigenvalue weighted by atomic mass is 16.2. The van der Waals surface area contributed by atoms with Gasteiger partial charge in [0.05, 0.1) is 12.6 Å². The van der Waals surface area contributed by atoms with Gasteiger partial charge in [0.25, 0.3) is 5.91 Å². The van der Waals surface area contributed by atoms with Crippen LogP contribution in [0.25, 0.3) is 0 Å². The van der Waals surface area contributed by atoms with Crippen LogP contribution in [0.4, 0.5) is 5.69 Å². The topological polar surface area (TPSA) is 61.4 Å². The minimum Gasteiger partial charge on any atom is -0.346 e. The Morgan fingerprint density at radius 3 is 2.27 bits per heavy atom. The molecule has 0 bridgehead atoms. The van der Waals surface area contributed by atoms with Crippen molar-refractivity contribution in [2.45, 2.75) is 19.5 Å². The summed E-state index contributed by atoms with van der Waals surface area (Å²) in [6.07, 6.45) is 0.